The second kappa shape index (κ2) is 9.89. The molecular weight excluding hydrogens is 196 g/mol. The Labute approximate surface area is 91.5 Å². The minimum absolute atomic E-state index is 0.0405. The number of carbonyl (C=O) groups is 1. The van der Waals surface area contributed by atoms with Crippen LogP contribution >= 0.6 is 0 Å². The Bertz CT molecular complexity index is 159. The van der Waals surface area contributed by atoms with E-state index in [1.807, 2.05) is 20.8 Å². The molecule has 0 heterocycles. The van der Waals surface area contributed by atoms with Gasteiger partial charge in [0, 0.05) is 13.2 Å². The molecule has 0 aliphatic heterocycles. The molecule has 2 N–H and O–H groups in total. The Morgan fingerprint density at radius 2 is 1.80 bits per heavy atom. The summed E-state index contributed by atoms with van der Waals surface area (Å²) in [5.41, 5.74) is 0. The van der Waals surface area contributed by atoms with Crippen molar-refractivity contribution in [3.8, 4) is 0 Å². The summed E-state index contributed by atoms with van der Waals surface area (Å²) in [6.45, 7) is 8.41. The van der Waals surface area contributed by atoms with E-state index in [0.717, 1.165) is 6.54 Å². The fourth-order valence-corrected chi connectivity index (χ4v) is 1.04. The maximum atomic E-state index is 11.2. The van der Waals surface area contributed by atoms with Crippen molar-refractivity contribution in [2.75, 3.05) is 32.8 Å². The number of likely N-dealkylation sites (N-methyl/N-ethyl adjacent to an activating group) is 1. The Morgan fingerprint density at radius 1 is 1.20 bits per heavy atom. The van der Waals surface area contributed by atoms with Crippen molar-refractivity contribution in [2.45, 2.75) is 27.1 Å². The van der Waals surface area contributed by atoms with Crippen molar-refractivity contribution < 1.29 is 14.3 Å². The molecule has 0 saturated carbocycles. The van der Waals surface area contributed by atoms with E-state index in [9.17, 15) is 4.79 Å². The lowest BCUT2D eigenvalue weighted by molar-refractivity contribution is -0.140. The molecule has 0 aromatic rings. The Kier molecular flexibility index (Phi) is 9.46. The zero-order chi connectivity index (χ0) is 11.5. The zero-order valence-corrected chi connectivity index (χ0v) is 9.84. The highest BCUT2D eigenvalue weighted by molar-refractivity contribution is 5.77. The fourth-order valence-electron chi connectivity index (χ4n) is 1.04. The zero-order valence-electron chi connectivity index (χ0n) is 9.84. The molecule has 0 spiro atoms. The summed E-state index contributed by atoms with van der Waals surface area (Å²) in [6, 6.07) is 0. The van der Waals surface area contributed by atoms with Gasteiger partial charge in [0.1, 0.15) is 0 Å². The summed E-state index contributed by atoms with van der Waals surface area (Å²) in [5, 5.41) is 5.68. The van der Waals surface area contributed by atoms with Crippen molar-refractivity contribution in [3.05, 3.63) is 0 Å². The molecule has 0 aliphatic carbocycles. The molecule has 1 amide bonds. The first kappa shape index (κ1) is 14.3. The maximum absolute atomic E-state index is 11.2. The molecule has 0 radical (unpaired) electrons. The van der Waals surface area contributed by atoms with Gasteiger partial charge in [-0.15, -0.1) is 0 Å². The topological polar surface area (TPSA) is 59.6 Å². The van der Waals surface area contributed by atoms with E-state index in [1.54, 1.807) is 0 Å². The van der Waals surface area contributed by atoms with Crippen molar-refractivity contribution >= 4 is 5.91 Å². The third-order valence-electron chi connectivity index (χ3n) is 1.71. The van der Waals surface area contributed by atoms with Crippen LogP contribution in [0.3, 0.4) is 0 Å². The molecule has 0 atom stereocenters. The molecule has 0 aromatic heterocycles. The number of ether oxygens (including phenoxy) is 2. The van der Waals surface area contributed by atoms with Crippen molar-refractivity contribution in [1.29, 1.82) is 0 Å². The third-order valence-corrected chi connectivity index (χ3v) is 1.71. The number of hydrogen-bond donors (Lipinski definition) is 2. The molecule has 5 heteroatoms. The Balaban J connectivity index is 3.62. The minimum Gasteiger partial charge on any atom is -0.351 e. The normalized spacial score (nSPS) is 10.7. The second-order valence-corrected chi connectivity index (χ2v) is 2.92. The van der Waals surface area contributed by atoms with Crippen molar-refractivity contribution in [2.24, 2.45) is 0 Å². The highest BCUT2D eigenvalue weighted by atomic mass is 16.7. The van der Waals surface area contributed by atoms with Gasteiger partial charge in [0.05, 0.1) is 13.1 Å². The number of hydrogen-bond acceptors (Lipinski definition) is 4. The predicted molar refractivity (Wildman–Crippen MR) is 58.6 cm³/mol. The molecule has 5 nitrogen and oxygen atoms in total. The number of rotatable bonds is 9. The molecule has 0 unspecified atom stereocenters. The van der Waals surface area contributed by atoms with Crippen LogP contribution in [0.15, 0.2) is 0 Å². The van der Waals surface area contributed by atoms with Crippen molar-refractivity contribution in [3.63, 3.8) is 0 Å². The first-order chi connectivity index (χ1) is 7.24. The van der Waals surface area contributed by atoms with Gasteiger partial charge in [-0.1, -0.05) is 6.92 Å². The first-order valence-electron chi connectivity index (χ1n) is 5.45. The fraction of sp³-hybridized carbons (Fsp3) is 0.900. The lowest BCUT2D eigenvalue weighted by Gasteiger charge is -2.17. The molecule has 0 bridgehead atoms. The molecule has 0 rings (SSSR count). The van der Waals surface area contributed by atoms with E-state index < -0.39 is 0 Å². The Morgan fingerprint density at radius 3 is 2.27 bits per heavy atom. The van der Waals surface area contributed by atoms with E-state index in [0.29, 0.717) is 26.3 Å². The maximum Gasteiger partial charge on any atom is 0.234 e. The van der Waals surface area contributed by atoms with Gasteiger partial charge in [-0.2, -0.15) is 0 Å². The van der Waals surface area contributed by atoms with Crippen LogP contribution in [0.1, 0.15) is 20.8 Å². The highest BCUT2D eigenvalue weighted by Gasteiger charge is 2.09. The average Bonchev–Trinajstić information content (AvgIpc) is 2.23. The van der Waals surface area contributed by atoms with Gasteiger partial charge in [0.15, 0.2) is 6.29 Å². The van der Waals surface area contributed by atoms with Crippen LogP contribution in [0.4, 0.5) is 0 Å². The van der Waals surface area contributed by atoms with Gasteiger partial charge in [0.25, 0.3) is 0 Å². The van der Waals surface area contributed by atoms with E-state index in [1.165, 1.54) is 0 Å². The van der Waals surface area contributed by atoms with Crippen LogP contribution in [-0.2, 0) is 14.3 Å². The van der Waals surface area contributed by atoms with Crippen molar-refractivity contribution in [1.82, 2.24) is 10.6 Å². The molecule has 15 heavy (non-hydrogen) atoms. The standard InChI is InChI=1S/C10H22N2O3/c1-4-11-7-9(13)12-8-10(14-5-2)15-6-3/h10-11H,4-8H2,1-3H3,(H,12,13). The number of nitrogens with one attached hydrogen (secondary N) is 2. The molecule has 90 valence electrons. The van der Waals surface area contributed by atoms with Crippen LogP contribution in [0.2, 0.25) is 0 Å². The van der Waals surface area contributed by atoms with Gasteiger partial charge in [0.2, 0.25) is 5.91 Å². The van der Waals surface area contributed by atoms with E-state index in [2.05, 4.69) is 10.6 Å². The van der Waals surface area contributed by atoms with Crippen LogP contribution < -0.4 is 10.6 Å². The predicted octanol–water partition coefficient (Wildman–Crippen LogP) is 0.111. The Hall–Kier alpha value is -0.650. The van der Waals surface area contributed by atoms with Gasteiger partial charge in [-0.05, 0) is 20.4 Å². The molecule has 0 aromatic carbocycles. The third kappa shape index (κ3) is 8.35. The molecule has 0 saturated heterocycles. The lowest BCUT2D eigenvalue weighted by atomic mass is 10.5. The summed E-state index contributed by atoms with van der Waals surface area (Å²) in [7, 11) is 0. The number of carbonyl (C=O) groups excluding carboxylic acids is 1. The number of amides is 1. The van der Waals surface area contributed by atoms with E-state index >= 15 is 0 Å². The monoisotopic (exact) mass is 218 g/mol. The summed E-state index contributed by atoms with van der Waals surface area (Å²) in [6.07, 6.45) is -0.342. The van der Waals surface area contributed by atoms with Gasteiger partial charge >= 0.3 is 0 Å². The van der Waals surface area contributed by atoms with E-state index in [4.69, 9.17) is 9.47 Å². The summed E-state index contributed by atoms with van der Waals surface area (Å²) >= 11 is 0. The average molecular weight is 218 g/mol. The molecule has 0 fully saturated rings. The van der Waals surface area contributed by atoms with E-state index in [-0.39, 0.29) is 12.2 Å². The minimum atomic E-state index is -0.342. The quantitative estimate of drug-likeness (QED) is 0.539. The van der Waals surface area contributed by atoms with Crippen LogP contribution in [0.5, 0.6) is 0 Å². The summed E-state index contributed by atoms with van der Waals surface area (Å²) in [4.78, 5) is 11.2. The van der Waals surface area contributed by atoms with Crippen LogP contribution in [-0.4, -0.2) is 45.0 Å². The SMILES string of the molecule is CCNCC(=O)NCC(OCC)OCC. The smallest absolute Gasteiger partial charge is 0.234 e. The summed E-state index contributed by atoms with van der Waals surface area (Å²) < 4.78 is 10.6. The first-order valence-corrected chi connectivity index (χ1v) is 5.45. The second-order valence-electron chi connectivity index (χ2n) is 2.92. The van der Waals surface area contributed by atoms with Crippen LogP contribution in [0, 0.1) is 0 Å². The van der Waals surface area contributed by atoms with Gasteiger partial charge < -0.3 is 20.1 Å². The van der Waals surface area contributed by atoms with Gasteiger partial charge in [-0.25, -0.2) is 0 Å². The van der Waals surface area contributed by atoms with Crippen LogP contribution in [0.25, 0.3) is 0 Å². The molecule has 0 aliphatic rings. The highest BCUT2D eigenvalue weighted by Crippen LogP contribution is 1.92. The summed E-state index contributed by atoms with van der Waals surface area (Å²) in [5.74, 6) is -0.0405. The lowest BCUT2D eigenvalue weighted by Crippen LogP contribution is -2.39. The molecular formula is C10H22N2O3. The van der Waals surface area contributed by atoms with Gasteiger partial charge in [-0.3, -0.25) is 4.79 Å². The largest absolute Gasteiger partial charge is 0.351 e.